The third kappa shape index (κ3) is 2.83. The molecule has 1 saturated heterocycles. The van der Waals surface area contributed by atoms with Crippen LogP contribution in [0.15, 0.2) is 12.1 Å². The molecule has 5 aliphatic rings. The Bertz CT molecular complexity index is 879. The minimum atomic E-state index is -0.900. The molecular formula is C24H33NO6. The van der Waals surface area contributed by atoms with Gasteiger partial charge < -0.3 is 29.7 Å². The van der Waals surface area contributed by atoms with Gasteiger partial charge in [-0.1, -0.05) is 18.9 Å². The zero-order chi connectivity index (χ0) is 22.0. The van der Waals surface area contributed by atoms with Crippen LogP contribution in [0.4, 0.5) is 0 Å². The molecule has 2 bridgehead atoms. The number of likely N-dealkylation sites (tertiary alicyclic amines) is 1. The molecule has 6 rings (SSSR count). The van der Waals surface area contributed by atoms with Crippen LogP contribution < -0.4 is 9.47 Å². The summed E-state index contributed by atoms with van der Waals surface area (Å²) in [6.07, 6.45) is 4.70. The molecule has 3 aliphatic carbocycles. The molecule has 3 N–H and O–H groups in total. The average molecular weight is 432 g/mol. The van der Waals surface area contributed by atoms with Gasteiger partial charge in [0.2, 0.25) is 0 Å². The number of methoxy groups -OCH3 is 1. The van der Waals surface area contributed by atoms with Crippen LogP contribution in [0.3, 0.4) is 0 Å². The summed E-state index contributed by atoms with van der Waals surface area (Å²) in [6, 6.07) is 4.05. The number of ether oxygens (including phenoxy) is 2. The maximum absolute atomic E-state index is 12.7. The number of piperidine rings is 1. The lowest BCUT2D eigenvalue weighted by Crippen LogP contribution is -2.76. The number of ketones is 1. The van der Waals surface area contributed by atoms with E-state index < -0.39 is 29.3 Å². The lowest BCUT2D eigenvalue weighted by molar-refractivity contribution is -0.185. The first-order valence-electron chi connectivity index (χ1n) is 11.5. The first kappa shape index (κ1) is 21.2. The number of hydrogen-bond donors (Lipinski definition) is 3. The monoisotopic (exact) mass is 431 g/mol. The zero-order valence-electron chi connectivity index (χ0n) is 18.3. The largest absolute Gasteiger partial charge is 0.493 e. The molecule has 2 heterocycles. The van der Waals surface area contributed by atoms with E-state index in [-0.39, 0.29) is 11.8 Å². The highest BCUT2D eigenvalue weighted by molar-refractivity contribution is 5.90. The number of aliphatic hydroxyl groups is 3. The van der Waals surface area contributed by atoms with Crippen molar-refractivity contribution in [2.45, 2.75) is 86.7 Å². The zero-order valence-corrected chi connectivity index (χ0v) is 18.3. The second kappa shape index (κ2) is 7.44. The van der Waals surface area contributed by atoms with E-state index in [0.717, 1.165) is 50.6 Å². The number of benzene rings is 1. The molecule has 0 amide bonds. The van der Waals surface area contributed by atoms with Crippen LogP contribution in [-0.4, -0.2) is 76.7 Å². The Hall–Kier alpha value is -1.67. The van der Waals surface area contributed by atoms with Gasteiger partial charge >= 0.3 is 0 Å². The van der Waals surface area contributed by atoms with Gasteiger partial charge in [0.05, 0.1) is 30.3 Å². The Morgan fingerprint density at radius 2 is 1.87 bits per heavy atom. The quantitative estimate of drug-likeness (QED) is 0.617. The van der Waals surface area contributed by atoms with Gasteiger partial charge in [-0.15, -0.1) is 0 Å². The summed E-state index contributed by atoms with van der Waals surface area (Å²) in [5, 5.41) is 29.6. The Balaban J connectivity index is 0.000000217. The first-order chi connectivity index (χ1) is 14.8. The van der Waals surface area contributed by atoms with Crippen molar-refractivity contribution in [3.63, 3.8) is 0 Å². The van der Waals surface area contributed by atoms with Crippen molar-refractivity contribution in [3.05, 3.63) is 23.3 Å². The number of aliphatic hydroxyl groups excluding tert-OH is 2. The van der Waals surface area contributed by atoms with Gasteiger partial charge in [0.25, 0.3) is 0 Å². The van der Waals surface area contributed by atoms with Gasteiger partial charge in [0.1, 0.15) is 0 Å². The lowest BCUT2D eigenvalue weighted by Gasteiger charge is -2.62. The van der Waals surface area contributed by atoms with Gasteiger partial charge in [-0.25, -0.2) is 0 Å². The molecule has 7 nitrogen and oxygen atoms in total. The number of Topliss-reactive ketones (excluding diaryl/α,β-unsaturated/α-hetero) is 1. The molecule has 2 saturated carbocycles. The number of carbonyl (C=O) groups is 1. The number of carbonyl (C=O) groups excluding carboxylic acids is 1. The Labute approximate surface area is 183 Å². The molecule has 1 aromatic carbocycles. The van der Waals surface area contributed by atoms with Crippen molar-refractivity contribution in [1.29, 1.82) is 0 Å². The van der Waals surface area contributed by atoms with E-state index in [1.54, 1.807) is 7.11 Å². The van der Waals surface area contributed by atoms with E-state index >= 15 is 0 Å². The van der Waals surface area contributed by atoms with Crippen LogP contribution >= 0.6 is 0 Å². The summed E-state index contributed by atoms with van der Waals surface area (Å²) in [4.78, 5) is 14.9. The molecular weight excluding hydrogens is 398 g/mol. The van der Waals surface area contributed by atoms with E-state index in [0.29, 0.717) is 24.3 Å². The summed E-state index contributed by atoms with van der Waals surface area (Å²) in [5.41, 5.74) is 0.737. The molecule has 7 heteroatoms. The van der Waals surface area contributed by atoms with Crippen LogP contribution in [0, 0.1) is 0 Å². The molecule has 1 aromatic rings. The second-order valence-corrected chi connectivity index (χ2v) is 9.86. The smallest absolute Gasteiger partial charge is 0.174 e. The minimum Gasteiger partial charge on any atom is -0.493 e. The summed E-state index contributed by atoms with van der Waals surface area (Å²) < 4.78 is 11.6. The Morgan fingerprint density at radius 3 is 2.52 bits per heavy atom. The number of likely N-dealkylation sites (N-methyl/N-ethyl adjacent to an activating group) is 1. The second-order valence-electron chi connectivity index (χ2n) is 9.86. The summed E-state index contributed by atoms with van der Waals surface area (Å²) in [7, 11) is 3.70. The van der Waals surface area contributed by atoms with Crippen LogP contribution in [-0.2, 0) is 16.6 Å². The molecule has 1 spiro atoms. The van der Waals surface area contributed by atoms with Gasteiger partial charge in [0.15, 0.2) is 23.4 Å². The number of nitrogens with zero attached hydrogens (tertiary/aromatic N) is 1. The molecule has 31 heavy (non-hydrogen) atoms. The standard InChI is InChI=1S/C18H21NO4.C6H12O2/c1-19-8-7-17-14-10-3-4-12(22-2)15(14)23-16(17)11(20)5-6-18(17,21)13(19)9-10;7-5-3-1-2-4-6(5)8/h3-4,13,16,21H,5-9H2,1-2H3;5-8H,1-4H2/t13-,16+,17+,18-;5-,6-/m10/s1. The Kier molecular flexibility index (Phi) is 5.09. The maximum Gasteiger partial charge on any atom is 0.174 e. The predicted octanol–water partition coefficient (Wildman–Crippen LogP) is 1.33. The van der Waals surface area contributed by atoms with E-state index in [1.807, 2.05) is 6.07 Å². The number of rotatable bonds is 1. The highest BCUT2D eigenvalue weighted by Crippen LogP contribution is 2.64. The van der Waals surface area contributed by atoms with E-state index in [4.69, 9.17) is 19.7 Å². The molecule has 2 aliphatic heterocycles. The summed E-state index contributed by atoms with van der Waals surface area (Å²) in [6.45, 7) is 0.871. The van der Waals surface area contributed by atoms with E-state index in [1.165, 1.54) is 5.56 Å². The average Bonchev–Trinajstić information content (AvgIpc) is 3.12. The van der Waals surface area contributed by atoms with Crippen LogP contribution in [0.1, 0.15) is 56.1 Å². The van der Waals surface area contributed by atoms with Gasteiger partial charge in [-0.3, -0.25) is 4.79 Å². The maximum atomic E-state index is 12.7. The van der Waals surface area contributed by atoms with Crippen molar-refractivity contribution in [2.24, 2.45) is 0 Å². The first-order valence-corrected chi connectivity index (χ1v) is 11.5. The van der Waals surface area contributed by atoms with Crippen molar-refractivity contribution in [1.82, 2.24) is 4.90 Å². The predicted molar refractivity (Wildman–Crippen MR) is 113 cm³/mol. The Morgan fingerprint density at radius 1 is 1.16 bits per heavy atom. The van der Waals surface area contributed by atoms with E-state index in [9.17, 15) is 9.90 Å². The van der Waals surface area contributed by atoms with Gasteiger partial charge in [-0.05, 0) is 57.3 Å². The van der Waals surface area contributed by atoms with E-state index in [2.05, 4.69) is 18.0 Å². The molecule has 0 unspecified atom stereocenters. The third-order valence-corrected chi connectivity index (χ3v) is 8.42. The fourth-order valence-corrected chi connectivity index (χ4v) is 6.78. The topological polar surface area (TPSA) is 99.5 Å². The van der Waals surface area contributed by atoms with Crippen LogP contribution in [0.2, 0.25) is 0 Å². The molecule has 170 valence electrons. The van der Waals surface area contributed by atoms with Gasteiger partial charge in [0, 0.05) is 18.0 Å². The molecule has 6 atom stereocenters. The van der Waals surface area contributed by atoms with Crippen LogP contribution in [0.5, 0.6) is 11.5 Å². The van der Waals surface area contributed by atoms with Crippen molar-refractivity contribution in [3.8, 4) is 11.5 Å². The van der Waals surface area contributed by atoms with Crippen molar-refractivity contribution < 1.29 is 29.6 Å². The summed E-state index contributed by atoms with van der Waals surface area (Å²) in [5.74, 6) is 1.47. The fourth-order valence-electron chi connectivity index (χ4n) is 6.78. The normalized spacial score (nSPS) is 40.4. The molecule has 0 radical (unpaired) electrons. The fraction of sp³-hybridized carbons (Fsp3) is 0.708. The number of hydrogen-bond acceptors (Lipinski definition) is 7. The SMILES string of the molecule is COc1ccc2c3c1O[C@H]1C(=O)CC[C@@]4(O)[C@@H](C2)N(C)CC[C@]314.O[C@H]1CCCC[C@@H]1O. The minimum absolute atomic E-state index is 0.0438. The van der Waals surface area contributed by atoms with Crippen LogP contribution in [0.25, 0.3) is 0 Å². The van der Waals surface area contributed by atoms with Crippen molar-refractivity contribution >= 4 is 5.78 Å². The summed E-state index contributed by atoms with van der Waals surface area (Å²) >= 11 is 0. The van der Waals surface area contributed by atoms with Gasteiger partial charge in [-0.2, -0.15) is 0 Å². The molecule has 3 fully saturated rings. The third-order valence-electron chi connectivity index (χ3n) is 8.42. The highest BCUT2D eigenvalue weighted by atomic mass is 16.5. The van der Waals surface area contributed by atoms with Crippen molar-refractivity contribution in [2.75, 3.05) is 20.7 Å². The lowest BCUT2D eigenvalue weighted by atomic mass is 9.49. The highest BCUT2D eigenvalue weighted by Gasteiger charge is 2.72. The molecule has 0 aromatic heterocycles.